The molecule has 6 heteroatoms. The van der Waals surface area contributed by atoms with Gasteiger partial charge in [0.2, 0.25) is 10.0 Å². The second-order valence-electron chi connectivity index (χ2n) is 6.70. The largest absolute Gasteiger partial charge is 0.423 e. The van der Waals surface area contributed by atoms with Crippen LogP contribution in [0, 0.1) is 0 Å². The van der Waals surface area contributed by atoms with Crippen LogP contribution in [0.2, 0.25) is 0 Å². The Morgan fingerprint density at radius 2 is 1.31 bits per heavy atom. The molecule has 0 amide bonds. The number of benzene rings is 3. The first kappa shape index (κ1) is 19.1. The Bertz CT molecular complexity index is 1240. The molecule has 0 atom stereocenters. The van der Waals surface area contributed by atoms with Crippen molar-refractivity contribution in [2.24, 2.45) is 0 Å². The van der Waals surface area contributed by atoms with Gasteiger partial charge in [-0.15, -0.1) is 0 Å². The van der Waals surface area contributed by atoms with E-state index in [0.29, 0.717) is 11.0 Å². The number of fused-ring (bicyclic) bond motifs is 1. The van der Waals surface area contributed by atoms with Crippen LogP contribution in [0.1, 0.15) is 11.1 Å². The van der Waals surface area contributed by atoms with Crippen LogP contribution < -0.4 is 5.63 Å². The summed E-state index contributed by atoms with van der Waals surface area (Å²) < 4.78 is 33.5. The fourth-order valence-corrected chi connectivity index (χ4v) is 4.61. The average Bonchev–Trinajstić information content (AvgIpc) is 2.74. The SMILES string of the molecule is O=c1ccc2cc(S(=O)(=O)N(Cc3ccccc3)Cc3ccccc3)ccc2o1. The molecule has 0 spiro atoms. The summed E-state index contributed by atoms with van der Waals surface area (Å²) in [4.78, 5) is 11.5. The lowest BCUT2D eigenvalue weighted by Gasteiger charge is -2.23. The van der Waals surface area contributed by atoms with Crippen LogP contribution in [0.15, 0.2) is 105 Å². The number of hydrogen-bond acceptors (Lipinski definition) is 4. The highest BCUT2D eigenvalue weighted by molar-refractivity contribution is 7.89. The Kier molecular flexibility index (Phi) is 5.29. The quantitative estimate of drug-likeness (QED) is 0.451. The first-order chi connectivity index (χ1) is 14.0. The summed E-state index contributed by atoms with van der Waals surface area (Å²) in [5.41, 5.74) is 1.69. The lowest BCUT2D eigenvalue weighted by molar-refractivity contribution is 0.401. The third-order valence-corrected chi connectivity index (χ3v) is 6.42. The van der Waals surface area contributed by atoms with Gasteiger partial charge < -0.3 is 4.42 Å². The molecule has 3 aromatic carbocycles. The molecule has 146 valence electrons. The maximum Gasteiger partial charge on any atom is 0.336 e. The molecule has 0 fully saturated rings. The molecule has 0 unspecified atom stereocenters. The van der Waals surface area contributed by atoms with Crippen molar-refractivity contribution in [2.45, 2.75) is 18.0 Å². The van der Waals surface area contributed by atoms with E-state index in [1.54, 1.807) is 6.07 Å². The second-order valence-corrected chi connectivity index (χ2v) is 8.64. The number of sulfonamides is 1. The lowest BCUT2D eigenvalue weighted by atomic mass is 10.2. The second kappa shape index (κ2) is 8.03. The van der Waals surface area contributed by atoms with Gasteiger partial charge in [-0.3, -0.25) is 0 Å². The molecular weight excluding hydrogens is 386 g/mol. The van der Waals surface area contributed by atoms with Crippen molar-refractivity contribution in [2.75, 3.05) is 0 Å². The molecule has 4 rings (SSSR count). The molecule has 5 nitrogen and oxygen atoms in total. The Labute approximate surface area is 168 Å². The fourth-order valence-electron chi connectivity index (χ4n) is 3.16. The maximum absolute atomic E-state index is 13.5. The van der Waals surface area contributed by atoms with Crippen LogP contribution in [0.3, 0.4) is 0 Å². The van der Waals surface area contributed by atoms with Gasteiger partial charge in [0.15, 0.2) is 0 Å². The third-order valence-electron chi connectivity index (χ3n) is 4.63. The zero-order chi connectivity index (χ0) is 20.3. The summed E-state index contributed by atoms with van der Waals surface area (Å²) in [6, 6.07) is 26.4. The molecule has 1 aromatic heterocycles. The normalized spacial score (nSPS) is 11.8. The summed E-state index contributed by atoms with van der Waals surface area (Å²) in [7, 11) is -3.79. The van der Waals surface area contributed by atoms with Gasteiger partial charge in [0.1, 0.15) is 5.58 Å². The van der Waals surface area contributed by atoms with Gasteiger partial charge in [0.05, 0.1) is 4.90 Å². The minimum atomic E-state index is -3.79. The first-order valence-electron chi connectivity index (χ1n) is 9.14. The monoisotopic (exact) mass is 405 g/mol. The molecule has 0 saturated carbocycles. The van der Waals surface area contributed by atoms with Gasteiger partial charge in [-0.25, -0.2) is 13.2 Å². The van der Waals surface area contributed by atoms with Crippen molar-refractivity contribution in [1.82, 2.24) is 4.31 Å². The molecule has 0 aliphatic rings. The van der Waals surface area contributed by atoms with Crippen molar-refractivity contribution in [3.8, 4) is 0 Å². The zero-order valence-corrected chi connectivity index (χ0v) is 16.4. The molecule has 0 bridgehead atoms. The Morgan fingerprint density at radius 1 is 0.724 bits per heavy atom. The smallest absolute Gasteiger partial charge is 0.336 e. The molecule has 0 aliphatic heterocycles. The van der Waals surface area contributed by atoms with E-state index in [4.69, 9.17) is 4.42 Å². The van der Waals surface area contributed by atoms with Crippen molar-refractivity contribution < 1.29 is 12.8 Å². The van der Waals surface area contributed by atoms with Crippen molar-refractivity contribution in [3.05, 3.63) is 113 Å². The Morgan fingerprint density at radius 3 is 1.90 bits per heavy atom. The van der Waals surface area contributed by atoms with E-state index < -0.39 is 15.6 Å². The summed E-state index contributed by atoms with van der Waals surface area (Å²) in [6.45, 7) is 0.500. The number of hydrogen-bond donors (Lipinski definition) is 0. The van der Waals surface area contributed by atoms with Crippen LogP contribution in [0.4, 0.5) is 0 Å². The van der Waals surface area contributed by atoms with E-state index >= 15 is 0 Å². The molecule has 1 heterocycles. The van der Waals surface area contributed by atoms with E-state index in [9.17, 15) is 13.2 Å². The number of rotatable bonds is 6. The van der Waals surface area contributed by atoms with Gasteiger partial charge in [-0.05, 0) is 35.4 Å². The maximum atomic E-state index is 13.5. The Balaban J connectivity index is 1.75. The van der Waals surface area contributed by atoms with E-state index in [-0.39, 0.29) is 18.0 Å². The fraction of sp³-hybridized carbons (Fsp3) is 0.0870. The highest BCUT2D eigenvalue weighted by atomic mass is 32.2. The van der Waals surface area contributed by atoms with Gasteiger partial charge in [0.25, 0.3) is 0 Å². The highest BCUT2D eigenvalue weighted by Gasteiger charge is 2.25. The lowest BCUT2D eigenvalue weighted by Crippen LogP contribution is -2.30. The zero-order valence-electron chi connectivity index (χ0n) is 15.6. The minimum Gasteiger partial charge on any atom is -0.423 e. The molecular formula is C23H19NO4S. The molecule has 29 heavy (non-hydrogen) atoms. The van der Waals surface area contributed by atoms with Crippen LogP contribution in [-0.4, -0.2) is 12.7 Å². The molecule has 0 radical (unpaired) electrons. The van der Waals surface area contributed by atoms with Crippen molar-refractivity contribution in [1.29, 1.82) is 0 Å². The molecule has 0 aliphatic carbocycles. The summed E-state index contributed by atoms with van der Waals surface area (Å²) in [5.74, 6) is 0. The van der Waals surface area contributed by atoms with E-state index in [1.807, 2.05) is 60.7 Å². The van der Waals surface area contributed by atoms with E-state index in [0.717, 1.165) is 11.1 Å². The molecule has 0 N–H and O–H groups in total. The number of nitrogens with zero attached hydrogens (tertiary/aromatic N) is 1. The predicted octanol–water partition coefficient (Wildman–Crippen LogP) is 4.18. The molecule has 4 aromatic rings. The standard InChI is InChI=1S/C23H19NO4S/c25-23-14-11-20-15-21(12-13-22(20)28-23)29(26,27)24(16-18-7-3-1-4-8-18)17-19-9-5-2-6-10-19/h1-15H,16-17H2. The van der Waals surface area contributed by atoms with Gasteiger partial charge in [-0.1, -0.05) is 60.7 Å². The van der Waals surface area contributed by atoms with Gasteiger partial charge >= 0.3 is 5.63 Å². The van der Waals surface area contributed by atoms with Crippen molar-refractivity contribution >= 4 is 21.0 Å². The van der Waals surface area contributed by atoms with Crippen LogP contribution in [-0.2, 0) is 23.1 Å². The van der Waals surface area contributed by atoms with Crippen molar-refractivity contribution in [3.63, 3.8) is 0 Å². The van der Waals surface area contributed by atoms with Crippen LogP contribution in [0.5, 0.6) is 0 Å². The van der Waals surface area contributed by atoms with E-state index in [2.05, 4.69) is 0 Å². The first-order valence-corrected chi connectivity index (χ1v) is 10.6. The summed E-state index contributed by atoms with van der Waals surface area (Å²) >= 11 is 0. The average molecular weight is 405 g/mol. The predicted molar refractivity (Wildman–Crippen MR) is 112 cm³/mol. The summed E-state index contributed by atoms with van der Waals surface area (Å²) in [5, 5.41) is 0.560. The van der Waals surface area contributed by atoms with E-state index in [1.165, 1.54) is 28.6 Å². The van der Waals surface area contributed by atoms with Crippen LogP contribution in [0.25, 0.3) is 11.0 Å². The highest BCUT2D eigenvalue weighted by Crippen LogP contribution is 2.24. The third kappa shape index (κ3) is 4.29. The van der Waals surface area contributed by atoms with Gasteiger partial charge in [0, 0.05) is 24.5 Å². The van der Waals surface area contributed by atoms with Gasteiger partial charge in [-0.2, -0.15) is 4.31 Å². The Hall–Kier alpha value is -3.22. The minimum absolute atomic E-state index is 0.158. The van der Waals surface area contributed by atoms with Crippen LogP contribution >= 0.6 is 0 Å². The summed E-state index contributed by atoms with van der Waals surface area (Å²) in [6.07, 6.45) is 0. The molecule has 0 saturated heterocycles. The topological polar surface area (TPSA) is 67.6 Å².